The number of phenolic OH excluding ortho intramolecular Hbond substituents is 2. The van der Waals surface area contributed by atoms with Gasteiger partial charge in [-0.3, -0.25) is 0 Å². The van der Waals surface area contributed by atoms with Crippen molar-refractivity contribution in [3.63, 3.8) is 0 Å². The van der Waals surface area contributed by atoms with Crippen LogP contribution in [0.5, 0.6) is 11.5 Å². The number of para-hydroxylation sites is 1. The third-order valence-corrected chi connectivity index (χ3v) is 6.03. The summed E-state index contributed by atoms with van der Waals surface area (Å²) < 4.78 is 0. The van der Waals surface area contributed by atoms with Crippen molar-refractivity contribution in [1.29, 1.82) is 0 Å². The Morgan fingerprint density at radius 1 is 0.719 bits per heavy atom. The van der Waals surface area contributed by atoms with Crippen LogP contribution >= 0.6 is 12.4 Å². The zero-order chi connectivity index (χ0) is 23.3. The van der Waals surface area contributed by atoms with Gasteiger partial charge in [-0.25, -0.2) is 0 Å². The largest absolute Gasteiger partial charge is 0.508 e. The zero-order valence-electron chi connectivity index (χ0n) is 21.8. The van der Waals surface area contributed by atoms with Crippen LogP contribution in [-0.4, -0.2) is 10.2 Å². The van der Waals surface area contributed by atoms with E-state index in [0.29, 0.717) is 23.3 Å². The molecule has 32 heavy (non-hydrogen) atoms. The summed E-state index contributed by atoms with van der Waals surface area (Å²) in [6.45, 7) is 21.6. The van der Waals surface area contributed by atoms with Gasteiger partial charge in [-0.2, -0.15) is 0 Å². The molecule has 0 fully saturated rings. The molecule has 2 N–H and O–H groups in total. The molecule has 0 saturated heterocycles. The van der Waals surface area contributed by atoms with Crippen LogP contribution in [0.4, 0.5) is 0 Å². The standard InChI is InChI=1S/2C14H22O.ClH.Zr/c1-13(2,3)10-7-11(14(4,5)6)9-12(15)8-10;1-5-10(3)12-8-7-9-13(14(12)15)11(4)6-2;;/h7-9,15H,1-6H3;7-11,15H,5-6H2,1-4H3;1H;. The normalized spacial score (nSPS) is 13.1. The SMILES string of the molecule is CC(C)(C)c1cc(O)cc(C(C)(C)C)c1.CCC(C)c1cccc(C(C)CC)c1O.Cl.[Zr]. The second kappa shape index (κ2) is 13.8. The summed E-state index contributed by atoms with van der Waals surface area (Å²) in [4.78, 5) is 0. The Morgan fingerprint density at radius 2 is 1.06 bits per heavy atom. The number of phenols is 2. The van der Waals surface area contributed by atoms with Gasteiger partial charge in [0, 0.05) is 26.2 Å². The maximum Gasteiger partial charge on any atom is 0.122 e. The van der Waals surface area contributed by atoms with Crippen molar-refractivity contribution in [2.45, 2.75) is 105 Å². The average molecular weight is 540 g/mol. The predicted molar refractivity (Wildman–Crippen MR) is 138 cm³/mol. The summed E-state index contributed by atoms with van der Waals surface area (Å²) in [5.74, 6) is 1.76. The van der Waals surface area contributed by atoms with E-state index >= 15 is 0 Å². The Balaban J connectivity index is 0. The first-order chi connectivity index (χ1) is 13.7. The van der Waals surface area contributed by atoms with E-state index in [4.69, 9.17) is 0 Å². The summed E-state index contributed by atoms with van der Waals surface area (Å²) in [5, 5.41) is 19.9. The molecule has 0 saturated carbocycles. The fourth-order valence-corrected chi connectivity index (χ4v) is 3.29. The van der Waals surface area contributed by atoms with Crippen LogP contribution in [0.25, 0.3) is 0 Å². The Kier molecular flexibility index (Phi) is 14.4. The number of benzene rings is 2. The molecule has 0 bridgehead atoms. The molecule has 2 rings (SSSR count). The third kappa shape index (κ3) is 9.60. The molecular formula is C28H45ClO2Zr. The molecule has 0 spiro atoms. The van der Waals surface area contributed by atoms with E-state index in [-0.39, 0.29) is 49.4 Å². The fourth-order valence-electron chi connectivity index (χ4n) is 3.29. The van der Waals surface area contributed by atoms with Crippen molar-refractivity contribution in [2.24, 2.45) is 0 Å². The smallest absolute Gasteiger partial charge is 0.122 e. The quantitative estimate of drug-likeness (QED) is 0.407. The number of aromatic hydroxyl groups is 2. The van der Waals surface area contributed by atoms with E-state index < -0.39 is 0 Å². The van der Waals surface area contributed by atoms with E-state index in [1.54, 1.807) is 0 Å². The van der Waals surface area contributed by atoms with E-state index in [9.17, 15) is 10.2 Å². The average Bonchev–Trinajstić information content (AvgIpc) is 2.65. The van der Waals surface area contributed by atoms with Crippen molar-refractivity contribution < 1.29 is 36.4 Å². The van der Waals surface area contributed by atoms with E-state index in [1.807, 2.05) is 24.3 Å². The van der Waals surface area contributed by atoms with Gasteiger partial charge in [0.05, 0.1) is 0 Å². The first-order valence-corrected chi connectivity index (χ1v) is 11.4. The van der Waals surface area contributed by atoms with E-state index in [2.05, 4.69) is 81.4 Å². The molecule has 180 valence electrons. The maximum atomic E-state index is 10.2. The molecular weight excluding hydrogens is 495 g/mol. The molecule has 0 heterocycles. The van der Waals surface area contributed by atoms with Crippen LogP contribution in [0.1, 0.15) is 116 Å². The molecule has 0 aliphatic rings. The summed E-state index contributed by atoms with van der Waals surface area (Å²) >= 11 is 0. The molecule has 0 radical (unpaired) electrons. The summed E-state index contributed by atoms with van der Waals surface area (Å²) in [7, 11) is 0. The number of halogens is 1. The van der Waals surface area contributed by atoms with Gasteiger partial charge in [0.25, 0.3) is 0 Å². The van der Waals surface area contributed by atoms with Crippen molar-refractivity contribution in [2.75, 3.05) is 0 Å². The predicted octanol–water partition coefficient (Wildman–Crippen LogP) is 8.83. The number of rotatable bonds is 4. The van der Waals surface area contributed by atoms with Crippen molar-refractivity contribution in [1.82, 2.24) is 0 Å². The van der Waals surface area contributed by atoms with Gasteiger partial charge in [0.15, 0.2) is 0 Å². The minimum absolute atomic E-state index is 0. The topological polar surface area (TPSA) is 40.5 Å². The second-order valence-electron chi connectivity index (χ2n) is 10.7. The Morgan fingerprint density at radius 3 is 1.34 bits per heavy atom. The van der Waals surface area contributed by atoms with Gasteiger partial charge >= 0.3 is 0 Å². The fraction of sp³-hybridized carbons (Fsp3) is 0.571. The van der Waals surface area contributed by atoms with Crippen molar-refractivity contribution in [3.05, 3.63) is 58.7 Å². The van der Waals surface area contributed by atoms with Crippen LogP contribution in [-0.2, 0) is 37.0 Å². The van der Waals surface area contributed by atoms with Crippen LogP contribution in [0.15, 0.2) is 36.4 Å². The number of hydrogen-bond acceptors (Lipinski definition) is 2. The van der Waals surface area contributed by atoms with E-state index in [1.165, 1.54) is 11.1 Å². The van der Waals surface area contributed by atoms with Gasteiger partial charge < -0.3 is 10.2 Å². The van der Waals surface area contributed by atoms with Gasteiger partial charge in [-0.05, 0) is 69.9 Å². The molecule has 0 aliphatic carbocycles. The van der Waals surface area contributed by atoms with Crippen LogP contribution < -0.4 is 0 Å². The third-order valence-electron chi connectivity index (χ3n) is 6.03. The molecule has 0 aliphatic heterocycles. The Hall–Kier alpha value is -0.787. The zero-order valence-corrected chi connectivity index (χ0v) is 25.1. The summed E-state index contributed by atoms with van der Waals surface area (Å²) in [6, 6.07) is 12.0. The summed E-state index contributed by atoms with van der Waals surface area (Å²) in [6.07, 6.45) is 2.13. The molecule has 2 atom stereocenters. The first kappa shape index (κ1) is 33.4. The first-order valence-electron chi connectivity index (χ1n) is 11.4. The molecule has 2 aromatic carbocycles. The molecule has 2 unspecified atom stereocenters. The Labute approximate surface area is 222 Å². The van der Waals surface area contributed by atoms with Gasteiger partial charge in [-0.15, -0.1) is 12.4 Å². The molecule has 4 heteroatoms. The van der Waals surface area contributed by atoms with Crippen LogP contribution in [0, 0.1) is 0 Å². The maximum absolute atomic E-state index is 10.2. The van der Waals surface area contributed by atoms with Crippen molar-refractivity contribution in [3.8, 4) is 11.5 Å². The van der Waals surface area contributed by atoms with Gasteiger partial charge in [0.2, 0.25) is 0 Å². The minimum atomic E-state index is 0. The molecule has 0 amide bonds. The van der Waals surface area contributed by atoms with Crippen LogP contribution in [0.2, 0.25) is 0 Å². The van der Waals surface area contributed by atoms with Crippen LogP contribution in [0.3, 0.4) is 0 Å². The second-order valence-corrected chi connectivity index (χ2v) is 10.7. The van der Waals surface area contributed by atoms with Gasteiger partial charge in [0.1, 0.15) is 11.5 Å². The molecule has 2 aromatic rings. The minimum Gasteiger partial charge on any atom is -0.508 e. The van der Waals surface area contributed by atoms with Crippen molar-refractivity contribution >= 4 is 12.4 Å². The monoisotopic (exact) mass is 538 g/mol. The summed E-state index contributed by atoms with van der Waals surface area (Å²) in [5.41, 5.74) is 4.72. The van der Waals surface area contributed by atoms with Gasteiger partial charge in [-0.1, -0.05) is 93.5 Å². The Bertz CT molecular complexity index is 759. The van der Waals surface area contributed by atoms with E-state index in [0.717, 1.165) is 24.0 Å². The molecule has 2 nitrogen and oxygen atoms in total. The molecule has 0 aromatic heterocycles. The number of hydrogen-bond donors (Lipinski definition) is 2.